The van der Waals surface area contributed by atoms with Crippen LogP contribution in [0.1, 0.15) is 38.3 Å². The van der Waals surface area contributed by atoms with Gasteiger partial charge in [0, 0.05) is 11.1 Å². The second kappa shape index (κ2) is 6.05. The van der Waals surface area contributed by atoms with Gasteiger partial charge in [-0.3, -0.25) is 0 Å². The van der Waals surface area contributed by atoms with Crippen LogP contribution in [-0.4, -0.2) is 6.54 Å². The first kappa shape index (κ1) is 11.5. The van der Waals surface area contributed by atoms with Gasteiger partial charge >= 0.3 is 0 Å². The molecule has 0 aliphatic rings. The zero-order valence-electron chi connectivity index (χ0n) is 8.89. The average molecular weight is 212 g/mol. The molecule has 0 fully saturated rings. The van der Waals surface area contributed by atoms with E-state index in [1.165, 1.54) is 5.56 Å². The van der Waals surface area contributed by atoms with Crippen molar-refractivity contribution in [2.75, 3.05) is 6.54 Å². The average Bonchev–Trinajstić information content (AvgIpc) is 2.21. The summed E-state index contributed by atoms with van der Waals surface area (Å²) < 4.78 is 0. The molecule has 0 bridgehead atoms. The van der Waals surface area contributed by atoms with Gasteiger partial charge in [0.25, 0.3) is 0 Å². The van der Waals surface area contributed by atoms with E-state index in [9.17, 15) is 0 Å². The van der Waals surface area contributed by atoms with Crippen molar-refractivity contribution in [2.45, 2.75) is 32.7 Å². The summed E-state index contributed by atoms with van der Waals surface area (Å²) in [7, 11) is 0. The molecule has 0 spiro atoms. The van der Waals surface area contributed by atoms with Crippen molar-refractivity contribution in [2.24, 2.45) is 0 Å². The van der Waals surface area contributed by atoms with Gasteiger partial charge in [0.1, 0.15) is 0 Å². The Kier molecular flexibility index (Phi) is 4.99. The summed E-state index contributed by atoms with van der Waals surface area (Å²) in [6.45, 7) is 5.40. The van der Waals surface area contributed by atoms with Crippen LogP contribution in [0.5, 0.6) is 0 Å². The molecule has 0 radical (unpaired) electrons. The third kappa shape index (κ3) is 3.00. The molecule has 1 aromatic carbocycles. The van der Waals surface area contributed by atoms with Crippen LogP contribution in [0.3, 0.4) is 0 Å². The minimum absolute atomic E-state index is 0.392. The number of nitrogens with one attached hydrogen (secondary N) is 1. The van der Waals surface area contributed by atoms with Crippen LogP contribution in [0.15, 0.2) is 24.3 Å². The van der Waals surface area contributed by atoms with Crippen molar-refractivity contribution < 1.29 is 0 Å². The van der Waals surface area contributed by atoms with Gasteiger partial charge in [0.05, 0.1) is 0 Å². The molecular formula is C12H18ClN. The first-order chi connectivity index (χ1) is 6.79. The van der Waals surface area contributed by atoms with Crippen molar-refractivity contribution in [1.82, 2.24) is 5.32 Å². The fourth-order valence-corrected chi connectivity index (χ4v) is 1.82. The van der Waals surface area contributed by atoms with Gasteiger partial charge in [0.15, 0.2) is 0 Å². The third-order valence-electron chi connectivity index (χ3n) is 2.33. The van der Waals surface area contributed by atoms with E-state index in [-0.39, 0.29) is 0 Å². The standard InChI is InChI=1S/C12H18ClN/c1-3-9-14-12(4-2)10-7-5-6-8-11(10)13/h5-8,12,14H,3-4,9H2,1-2H3/t12-/m0/s1. The van der Waals surface area contributed by atoms with Crippen LogP contribution in [0.2, 0.25) is 5.02 Å². The highest BCUT2D eigenvalue weighted by Crippen LogP contribution is 2.24. The molecule has 78 valence electrons. The number of rotatable bonds is 5. The molecular weight excluding hydrogens is 194 g/mol. The number of halogens is 1. The SMILES string of the molecule is CCCN[C@@H](CC)c1ccccc1Cl. The topological polar surface area (TPSA) is 12.0 Å². The lowest BCUT2D eigenvalue weighted by molar-refractivity contribution is 0.518. The summed E-state index contributed by atoms with van der Waals surface area (Å²) in [5.41, 5.74) is 1.21. The fraction of sp³-hybridized carbons (Fsp3) is 0.500. The molecule has 1 rings (SSSR count). The number of benzene rings is 1. The minimum Gasteiger partial charge on any atom is -0.310 e. The Morgan fingerprint density at radius 3 is 2.57 bits per heavy atom. The maximum Gasteiger partial charge on any atom is 0.0453 e. The molecule has 0 heterocycles. The van der Waals surface area contributed by atoms with Crippen LogP contribution in [0.4, 0.5) is 0 Å². The van der Waals surface area contributed by atoms with Crippen LogP contribution < -0.4 is 5.32 Å². The van der Waals surface area contributed by atoms with Gasteiger partial charge in [-0.2, -0.15) is 0 Å². The molecule has 1 atom stereocenters. The second-order valence-electron chi connectivity index (χ2n) is 3.44. The van der Waals surface area contributed by atoms with Crippen molar-refractivity contribution in [1.29, 1.82) is 0 Å². The van der Waals surface area contributed by atoms with Gasteiger partial charge in [-0.15, -0.1) is 0 Å². The summed E-state index contributed by atoms with van der Waals surface area (Å²) in [6, 6.07) is 8.45. The smallest absolute Gasteiger partial charge is 0.0453 e. The molecule has 1 N–H and O–H groups in total. The quantitative estimate of drug-likeness (QED) is 0.782. The molecule has 1 aromatic rings. The van der Waals surface area contributed by atoms with Crippen molar-refractivity contribution >= 4 is 11.6 Å². The fourth-order valence-electron chi connectivity index (χ4n) is 1.55. The predicted molar refractivity (Wildman–Crippen MR) is 62.8 cm³/mol. The summed E-state index contributed by atoms with van der Waals surface area (Å²) >= 11 is 6.14. The maximum atomic E-state index is 6.14. The molecule has 0 aromatic heterocycles. The molecule has 1 nitrogen and oxygen atoms in total. The van der Waals surface area contributed by atoms with Crippen LogP contribution >= 0.6 is 11.6 Å². The Morgan fingerprint density at radius 2 is 2.00 bits per heavy atom. The molecule has 14 heavy (non-hydrogen) atoms. The number of hydrogen-bond acceptors (Lipinski definition) is 1. The molecule has 0 saturated carbocycles. The molecule has 2 heteroatoms. The van der Waals surface area contributed by atoms with E-state index >= 15 is 0 Å². The van der Waals surface area contributed by atoms with E-state index < -0.39 is 0 Å². The van der Waals surface area contributed by atoms with Crippen molar-refractivity contribution in [3.8, 4) is 0 Å². The summed E-state index contributed by atoms with van der Waals surface area (Å²) in [4.78, 5) is 0. The second-order valence-corrected chi connectivity index (χ2v) is 3.84. The van der Waals surface area contributed by atoms with E-state index in [0.717, 1.165) is 24.4 Å². The molecule has 0 aliphatic carbocycles. The van der Waals surface area contributed by atoms with Gasteiger partial charge in [-0.25, -0.2) is 0 Å². The van der Waals surface area contributed by atoms with Crippen molar-refractivity contribution in [3.63, 3.8) is 0 Å². The minimum atomic E-state index is 0.392. The Balaban J connectivity index is 2.73. The third-order valence-corrected chi connectivity index (χ3v) is 2.67. The Morgan fingerprint density at radius 1 is 1.29 bits per heavy atom. The van der Waals surface area contributed by atoms with Crippen LogP contribution in [0.25, 0.3) is 0 Å². The Labute approximate surface area is 91.5 Å². The lowest BCUT2D eigenvalue weighted by Crippen LogP contribution is -2.21. The molecule has 0 aliphatic heterocycles. The maximum absolute atomic E-state index is 6.14. The zero-order valence-corrected chi connectivity index (χ0v) is 9.64. The van der Waals surface area contributed by atoms with Gasteiger partial charge in [-0.05, 0) is 31.0 Å². The Hall–Kier alpha value is -0.530. The number of hydrogen-bond donors (Lipinski definition) is 1. The van der Waals surface area contributed by atoms with Gasteiger partial charge in [-0.1, -0.05) is 43.6 Å². The van der Waals surface area contributed by atoms with E-state index in [1.54, 1.807) is 0 Å². The lowest BCUT2D eigenvalue weighted by atomic mass is 10.0. The van der Waals surface area contributed by atoms with Gasteiger partial charge < -0.3 is 5.32 Å². The highest BCUT2D eigenvalue weighted by atomic mass is 35.5. The van der Waals surface area contributed by atoms with Crippen molar-refractivity contribution in [3.05, 3.63) is 34.9 Å². The highest BCUT2D eigenvalue weighted by molar-refractivity contribution is 6.31. The van der Waals surface area contributed by atoms with Gasteiger partial charge in [0.2, 0.25) is 0 Å². The van der Waals surface area contributed by atoms with Crippen LogP contribution in [0, 0.1) is 0 Å². The Bertz CT molecular complexity index is 273. The highest BCUT2D eigenvalue weighted by Gasteiger charge is 2.10. The molecule has 0 amide bonds. The molecule has 0 unspecified atom stereocenters. The van der Waals surface area contributed by atoms with E-state index in [0.29, 0.717) is 6.04 Å². The summed E-state index contributed by atoms with van der Waals surface area (Å²) in [5.74, 6) is 0. The van der Waals surface area contributed by atoms with Crippen LogP contribution in [-0.2, 0) is 0 Å². The summed E-state index contributed by atoms with van der Waals surface area (Å²) in [6.07, 6.45) is 2.23. The molecule has 0 saturated heterocycles. The first-order valence-corrected chi connectivity index (χ1v) is 5.65. The lowest BCUT2D eigenvalue weighted by Gasteiger charge is -2.18. The monoisotopic (exact) mass is 211 g/mol. The zero-order chi connectivity index (χ0) is 10.4. The van der Waals surface area contributed by atoms with E-state index in [4.69, 9.17) is 11.6 Å². The first-order valence-electron chi connectivity index (χ1n) is 5.27. The normalized spacial score (nSPS) is 12.8. The van der Waals surface area contributed by atoms with E-state index in [1.807, 2.05) is 18.2 Å². The summed E-state index contributed by atoms with van der Waals surface area (Å²) in [5, 5.41) is 4.36. The predicted octanol–water partition coefficient (Wildman–Crippen LogP) is 3.79. The largest absolute Gasteiger partial charge is 0.310 e. The van der Waals surface area contributed by atoms with E-state index in [2.05, 4.69) is 25.2 Å².